The molecule has 1 aliphatic rings. The molecule has 0 spiro atoms. The first-order valence-electron chi connectivity index (χ1n) is 7.45. The monoisotopic (exact) mass is 260 g/mol. The van der Waals surface area contributed by atoms with Crippen LogP contribution in [0.2, 0.25) is 0 Å². The molecule has 0 unspecified atom stereocenters. The highest BCUT2D eigenvalue weighted by Crippen LogP contribution is 2.24. The van der Waals surface area contributed by atoms with Gasteiger partial charge in [0, 0.05) is 30.4 Å². The molecule has 1 saturated heterocycles. The van der Waals surface area contributed by atoms with E-state index in [0.717, 1.165) is 19.0 Å². The Hall–Kier alpha value is -1.02. The average Bonchev–Trinajstić information content (AvgIpc) is 2.21. The van der Waals surface area contributed by atoms with Gasteiger partial charge in [-0.05, 0) is 50.8 Å². The molecular formula is C17H28N2. The van der Waals surface area contributed by atoms with E-state index < -0.39 is 0 Å². The van der Waals surface area contributed by atoms with Crippen LogP contribution < -0.4 is 10.2 Å². The summed E-state index contributed by atoms with van der Waals surface area (Å²) < 4.78 is 0. The first kappa shape index (κ1) is 14.4. The highest BCUT2D eigenvalue weighted by Gasteiger charge is 2.29. The number of nitrogens with zero attached hydrogens (tertiary/aromatic N) is 1. The van der Waals surface area contributed by atoms with Gasteiger partial charge < -0.3 is 10.2 Å². The molecule has 2 heteroatoms. The predicted molar refractivity (Wildman–Crippen MR) is 83.9 cm³/mol. The van der Waals surface area contributed by atoms with Crippen LogP contribution in [-0.4, -0.2) is 24.7 Å². The number of benzene rings is 1. The molecule has 0 amide bonds. The maximum absolute atomic E-state index is 3.66. The second-order valence-corrected chi connectivity index (χ2v) is 7.26. The van der Waals surface area contributed by atoms with E-state index in [1.54, 1.807) is 0 Å². The summed E-state index contributed by atoms with van der Waals surface area (Å²) in [5, 5.41) is 3.66. The molecule has 1 fully saturated rings. The molecule has 1 aromatic carbocycles. The number of hydrogen-bond acceptors (Lipinski definition) is 2. The fourth-order valence-corrected chi connectivity index (χ4v) is 2.74. The quantitative estimate of drug-likeness (QED) is 0.892. The van der Waals surface area contributed by atoms with Crippen molar-refractivity contribution in [3.63, 3.8) is 0 Å². The van der Waals surface area contributed by atoms with Crippen LogP contribution in [-0.2, 0) is 6.42 Å². The van der Waals surface area contributed by atoms with Gasteiger partial charge in [0.05, 0.1) is 0 Å². The van der Waals surface area contributed by atoms with E-state index in [2.05, 4.69) is 69.1 Å². The molecule has 0 aliphatic carbocycles. The lowest BCUT2D eigenvalue weighted by Gasteiger charge is -2.44. The van der Waals surface area contributed by atoms with E-state index in [9.17, 15) is 0 Å². The zero-order chi connectivity index (χ0) is 14.0. The van der Waals surface area contributed by atoms with Gasteiger partial charge in [-0.25, -0.2) is 0 Å². The molecule has 1 heterocycles. The minimum atomic E-state index is 0.218. The van der Waals surface area contributed by atoms with Crippen molar-refractivity contribution in [2.75, 3.05) is 18.0 Å². The van der Waals surface area contributed by atoms with Gasteiger partial charge in [0.25, 0.3) is 0 Å². The van der Waals surface area contributed by atoms with Gasteiger partial charge in [-0.15, -0.1) is 0 Å². The lowest BCUT2D eigenvalue weighted by Crippen LogP contribution is -2.62. The summed E-state index contributed by atoms with van der Waals surface area (Å²) in [7, 11) is 0. The van der Waals surface area contributed by atoms with Crippen LogP contribution in [0, 0.1) is 5.92 Å². The van der Waals surface area contributed by atoms with Gasteiger partial charge in [-0.3, -0.25) is 0 Å². The Kier molecular flexibility index (Phi) is 4.19. The minimum Gasteiger partial charge on any atom is -0.368 e. The molecule has 106 valence electrons. The molecule has 19 heavy (non-hydrogen) atoms. The van der Waals surface area contributed by atoms with E-state index in [1.807, 2.05) is 0 Å². The molecule has 1 aromatic rings. The summed E-state index contributed by atoms with van der Waals surface area (Å²) in [5.74, 6) is 0.724. The van der Waals surface area contributed by atoms with Gasteiger partial charge in [-0.1, -0.05) is 26.0 Å². The number of rotatable bonds is 4. The van der Waals surface area contributed by atoms with E-state index in [-0.39, 0.29) is 5.54 Å². The predicted octanol–water partition coefficient (Wildman–Crippen LogP) is 3.46. The summed E-state index contributed by atoms with van der Waals surface area (Å²) in [6.45, 7) is 13.5. The maximum Gasteiger partial charge on any atom is 0.0424 e. The molecule has 2 rings (SSSR count). The zero-order valence-electron chi connectivity index (χ0n) is 13.0. The van der Waals surface area contributed by atoms with Crippen molar-refractivity contribution < 1.29 is 0 Å². The van der Waals surface area contributed by atoms with Crippen LogP contribution in [0.5, 0.6) is 0 Å². The Morgan fingerprint density at radius 1 is 1.26 bits per heavy atom. The Balaban J connectivity index is 1.91. The third kappa shape index (κ3) is 4.24. The van der Waals surface area contributed by atoms with Crippen LogP contribution in [0.25, 0.3) is 0 Å². The van der Waals surface area contributed by atoms with Crippen molar-refractivity contribution in [3.8, 4) is 0 Å². The second kappa shape index (κ2) is 5.54. The van der Waals surface area contributed by atoms with E-state index in [0.29, 0.717) is 6.04 Å². The summed E-state index contributed by atoms with van der Waals surface area (Å²) in [5.41, 5.74) is 3.06. The molecule has 1 N–H and O–H groups in total. The van der Waals surface area contributed by atoms with Crippen molar-refractivity contribution in [1.82, 2.24) is 5.32 Å². The van der Waals surface area contributed by atoms with Gasteiger partial charge in [-0.2, -0.15) is 0 Å². The molecular weight excluding hydrogens is 232 g/mol. The van der Waals surface area contributed by atoms with Gasteiger partial charge >= 0.3 is 0 Å². The maximum atomic E-state index is 3.66. The van der Waals surface area contributed by atoms with Crippen LogP contribution >= 0.6 is 0 Å². The van der Waals surface area contributed by atoms with Crippen LogP contribution in [0.15, 0.2) is 24.3 Å². The van der Waals surface area contributed by atoms with Gasteiger partial charge in [0.1, 0.15) is 0 Å². The number of hydrogen-bond donors (Lipinski definition) is 1. The van der Waals surface area contributed by atoms with E-state index in [4.69, 9.17) is 0 Å². The van der Waals surface area contributed by atoms with Crippen molar-refractivity contribution in [3.05, 3.63) is 29.8 Å². The lowest BCUT2D eigenvalue weighted by molar-refractivity contribution is 0.316. The van der Waals surface area contributed by atoms with E-state index in [1.165, 1.54) is 17.7 Å². The summed E-state index contributed by atoms with van der Waals surface area (Å²) in [4.78, 5) is 2.47. The molecule has 1 aliphatic heterocycles. The fraction of sp³-hybridized carbons (Fsp3) is 0.647. The Bertz CT molecular complexity index is 412. The van der Waals surface area contributed by atoms with Crippen molar-refractivity contribution in [2.45, 2.75) is 52.6 Å². The Morgan fingerprint density at radius 3 is 2.53 bits per heavy atom. The van der Waals surface area contributed by atoms with Gasteiger partial charge in [0.15, 0.2) is 0 Å². The summed E-state index contributed by atoms with van der Waals surface area (Å²) in [6, 6.07) is 9.66. The second-order valence-electron chi connectivity index (χ2n) is 7.26. The normalized spacial score (nSPS) is 16.8. The summed E-state index contributed by atoms with van der Waals surface area (Å²) >= 11 is 0. The fourth-order valence-electron chi connectivity index (χ4n) is 2.74. The molecule has 0 radical (unpaired) electrons. The van der Waals surface area contributed by atoms with E-state index >= 15 is 0 Å². The minimum absolute atomic E-state index is 0.218. The molecule has 0 saturated carbocycles. The highest BCUT2D eigenvalue weighted by atomic mass is 15.3. The van der Waals surface area contributed by atoms with Crippen molar-refractivity contribution >= 4 is 5.69 Å². The highest BCUT2D eigenvalue weighted by molar-refractivity contribution is 5.51. The Labute approximate surface area is 118 Å². The zero-order valence-corrected chi connectivity index (χ0v) is 13.0. The summed E-state index contributed by atoms with van der Waals surface area (Å²) in [6.07, 6.45) is 1.17. The number of anilines is 1. The molecule has 0 aromatic heterocycles. The van der Waals surface area contributed by atoms with Crippen LogP contribution in [0.1, 0.15) is 40.2 Å². The third-order valence-electron chi connectivity index (χ3n) is 3.44. The van der Waals surface area contributed by atoms with Crippen molar-refractivity contribution in [1.29, 1.82) is 0 Å². The van der Waals surface area contributed by atoms with Crippen LogP contribution in [0.4, 0.5) is 5.69 Å². The largest absolute Gasteiger partial charge is 0.368 e. The SMILES string of the molecule is CC(C)Cc1cccc(N2CC(NC(C)(C)C)C2)c1. The Morgan fingerprint density at radius 2 is 1.95 bits per heavy atom. The molecule has 0 bridgehead atoms. The average molecular weight is 260 g/mol. The van der Waals surface area contributed by atoms with Crippen LogP contribution in [0.3, 0.4) is 0 Å². The smallest absolute Gasteiger partial charge is 0.0424 e. The molecule has 2 nitrogen and oxygen atoms in total. The lowest BCUT2D eigenvalue weighted by atomic mass is 9.99. The third-order valence-corrected chi connectivity index (χ3v) is 3.44. The van der Waals surface area contributed by atoms with Crippen molar-refractivity contribution in [2.24, 2.45) is 5.92 Å². The standard InChI is InChI=1S/C17H28N2/c1-13(2)9-14-7-6-8-16(10-14)19-11-15(12-19)18-17(3,4)5/h6-8,10,13,15,18H,9,11-12H2,1-5H3. The first-order chi connectivity index (χ1) is 8.83. The number of nitrogens with one attached hydrogen (secondary N) is 1. The first-order valence-corrected chi connectivity index (χ1v) is 7.45. The topological polar surface area (TPSA) is 15.3 Å². The van der Waals surface area contributed by atoms with Gasteiger partial charge in [0.2, 0.25) is 0 Å². The molecule has 0 atom stereocenters.